The standard InChI is InChI=1S/C14H19N3O/c1-11(14-7-9-16-17-14)15-8-6-12-4-3-5-13(10-12)18-2/h3-5,7,9-11,15H,6,8H2,1-2H3,(H,16,17). The molecule has 1 atom stereocenters. The third-order valence-corrected chi connectivity index (χ3v) is 2.99. The molecule has 96 valence electrons. The first-order valence-corrected chi connectivity index (χ1v) is 6.15. The van der Waals surface area contributed by atoms with Crippen molar-refractivity contribution in [3.8, 4) is 5.75 Å². The molecule has 0 aliphatic heterocycles. The highest BCUT2D eigenvalue weighted by Gasteiger charge is 2.05. The van der Waals surface area contributed by atoms with E-state index in [0.29, 0.717) is 0 Å². The number of aromatic amines is 1. The molecule has 4 heteroatoms. The maximum Gasteiger partial charge on any atom is 0.119 e. The van der Waals surface area contributed by atoms with Crippen molar-refractivity contribution in [2.75, 3.05) is 13.7 Å². The van der Waals surface area contributed by atoms with E-state index in [4.69, 9.17) is 4.74 Å². The van der Waals surface area contributed by atoms with Gasteiger partial charge in [-0.2, -0.15) is 5.10 Å². The van der Waals surface area contributed by atoms with Gasteiger partial charge in [-0.3, -0.25) is 5.10 Å². The number of nitrogens with zero attached hydrogens (tertiary/aromatic N) is 1. The Labute approximate surface area is 107 Å². The minimum absolute atomic E-state index is 0.290. The van der Waals surface area contributed by atoms with Crippen LogP contribution in [0.2, 0.25) is 0 Å². The smallest absolute Gasteiger partial charge is 0.119 e. The summed E-state index contributed by atoms with van der Waals surface area (Å²) >= 11 is 0. The fourth-order valence-corrected chi connectivity index (χ4v) is 1.88. The summed E-state index contributed by atoms with van der Waals surface area (Å²) in [5, 5.41) is 10.4. The second kappa shape index (κ2) is 6.21. The lowest BCUT2D eigenvalue weighted by molar-refractivity contribution is 0.414. The molecule has 0 saturated heterocycles. The minimum Gasteiger partial charge on any atom is -0.497 e. The van der Waals surface area contributed by atoms with Gasteiger partial charge in [-0.15, -0.1) is 0 Å². The van der Waals surface area contributed by atoms with E-state index in [1.165, 1.54) is 5.56 Å². The average Bonchev–Trinajstić information content (AvgIpc) is 2.93. The van der Waals surface area contributed by atoms with E-state index in [-0.39, 0.29) is 6.04 Å². The van der Waals surface area contributed by atoms with Gasteiger partial charge in [0, 0.05) is 12.2 Å². The molecule has 1 heterocycles. The number of benzene rings is 1. The van der Waals surface area contributed by atoms with Gasteiger partial charge in [-0.1, -0.05) is 12.1 Å². The van der Waals surface area contributed by atoms with Gasteiger partial charge >= 0.3 is 0 Å². The molecule has 0 saturated carbocycles. The molecule has 1 aromatic heterocycles. The molecular formula is C14H19N3O. The summed E-state index contributed by atoms with van der Waals surface area (Å²) in [7, 11) is 1.69. The molecule has 18 heavy (non-hydrogen) atoms. The molecular weight excluding hydrogens is 226 g/mol. The predicted octanol–water partition coefficient (Wildman–Crippen LogP) is 2.31. The second-order valence-electron chi connectivity index (χ2n) is 4.29. The predicted molar refractivity (Wildman–Crippen MR) is 71.7 cm³/mol. The summed E-state index contributed by atoms with van der Waals surface area (Å²) in [5.41, 5.74) is 2.39. The first kappa shape index (κ1) is 12.6. The number of aromatic nitrogens is 2. The molecule has 4 nitrogen and oxygen atoms in total. The highest BCUT2D eigenvalue weighted by molar-refractivity contribution is 5.28. The lowest BCUT2D eigenvalue weighted by atomic mass is 10.1. The van der Waals surface area contributed by atoms with Gasteiger partial charge in [-0.05, 0) is 43.7 Å². The molecule has 0 fully saturated rings. The van der Waals surface area contributed by atoms with E-state index < -0.39 is 0 Å². The molecule has 0 radical (unpaired) electrons. The van der Waals surface area contributed by atoms with E-state index in [1.54, 1.807) is 13.3 Å². The topological polar surface area (TPSA) is 49.9 Å². The molecule has 0 spiro atoms. The van der Waals surface area contributed by atoms with Crippen molar-refractivity contribution in [1.82, 2.24) is 15.5 Å². The molecule has 1 aromatic carbocycles. The van der Waals surface area contributed by atoms with Gasteiger partial charge in [0.25, 0.3) is 0 Å². The Bertz CT molecular complexity index is 468. The normalized spacial score (nSPS) is 12.3. The fraction of sp³-hybridized carbons (Fsp3) is 0.357. The van der Waals surface area contributed by atoms with Crippen molar-refractivity contribution in [2.45, 2.75) is 19.4 Å². The van der Waals surface area contributed by atoms with Crippen molar-refractivity contribution >= 4 is 0 Å². The zero-order chi connectivity index (χ0) is 12.8. The van der Waals surface area contributed by atoms with Gasteiger partial charge < -0.3 is 10.1 Å². The molecule has 2 rings (SSSR count). The van der Waals surface area contributed by atoms with E-state index in [9.17, 15) is 0 Å². The second-order valence-corrected chi connectivity index (χ2v) is 4.29. The Morgan fingerprint density at radius 1 is 1.39 bits per heavy atom. The summed E-state index contributed by atoms with van der Waals surface area (Å²) in [6, 6.07) is 10.5. The van der Waals surface area contributed by atoms with E-state index >= 15 is 0 Å². The number of rotatable bonds is 6. The number of hydrogen-bond acceptors (Lipinski definition) is 3. The third-order valence-electron chi connectivity index (χ3n) is 2.99. The highest BCUT2D eigenvalue weighted by atomic mass is 16.5. The van der Waals surface area contributed by atoms with E-state index in [0.717, 1.165) is 24.4 Å². The fourth-order valence-electron chi connectivity index (χ4n) is 1.88. The van der Waals surface area contributed by atoms with Crippen molar-refractivity contribution in [2.24, 2.45) is 0 Å². The van der Waals surface area contributed by atoms with Crippen LogP contribution in [0.4, 0.5) is 0 Å². The first-order valence-electron chi connectivity index (χ1n) is 6.15. The van der Waals surface area contributed by atoms with Crippen LogP contribution < -0.4 is 10.1 Å². The molecule has 0 bridgehead atoms. The number of methoxy groups -OCH3 is 1. The first-order chi connectivity index (χ1) is 8.79. The van der Waals surface area contributed by atoms with Crippen LogP contribution in [0.25, 0.3) is 0 Å². The molecule has 2 N–H and O–H groups in total. The summed E-state index contributed by atoms with van der Waals surface area (Å²) in [4.78, 5) is 0. The zero-order valence-electron chi connectivity index (χ0n) is 10.8. The van der Waals surface area contributed by atoms with Gasteiger partial charge in [0.1, 0.15) is 5.75 Å². The van der Waals surface area contributed by atoms with Gasteiger partial charge in [0.05, 0.1) is 12.8 Å². The average molecular weight is 245 g/mol. The third kappa shape index (κ3) is 3.34. The minimum atomic E-state index is 0.290. The van der Waals surface area contributed by atoms with Crippen LogP contribution in [0.5, 0.6) is 5.75 Å². The Hall–Kier alpha value is -1.81. The maximum absolute atomic E-state index is 5.21. The van der Waals surface area contributed by atoms with Crippen molar-refractivity contribution in [1.29, 1.82) is 0 Å². The highest BCUT2D eigenvalue weighted by Crippen LogP contribution is 2.13. The maximum atomic E-state index is 5.21. The Balaban J connectivity index is 1.81. The number of H-pyrrole nitrogens is 1. The van der Waals surface area contributed by atoms with Crippen LogP contribution in [0.15, 0.2) is 36.5 Å². The van der Waals surface area contributed by atoms with E-state index in [1.807, 2.05) is 18.2 Å². The van der Waals surface area contributed by atoms with Crippen LogP contribution >= 0.6 is 0 Å². The molecule has 1 unspecified atom stereocenters. The van der Waals surface area contributed by atoms with Crippen molar-refractivity contribution in [3.05, 3.63) is 47.8 Å². The van der Waals surface area contributed by atoms with Gasteiger partial charge in [0.15, 0.2) is 0 Å². The van der Waals surface area contributed by atoms with Crippen LogP contribution in [0.3, 0.4) is 0 Å². The lowest BCUT2D eigenvalue weighted by Gasteiger charge is -2.12. The summed E-state index contributed by atoms with van der Waals surface area (Å²) < 4.78 is 5.21. The van der Waals surface area contributed by atoms with Crippen molar-refractivity contribution in [3.63, 3.8) is 0 Å². The summed E-state index contributed by atoms with van der Waals surface area (Å²) in [6.45, 7) is 3.05. The SMILES string of the molecule is COc1cccc(CCNC(C)c2ccn[nH]2)c1. The monoisotopic (exact) mass is 245 g/mol. The largest absolute Gasteiger partial charge is 0.497 e. The number of ether oxygens (including phenoxy) is 1. The van der Waals surface area contributed by atoms with Crippen LogP contribution in [0, 0.1) is 0 Å². The van der Waals surface area contributed by atoms with Gasteiger partial charge in [0.2, 0.25) is 0 Å². The molecule has 0 aliphatic rings. The summed E-state index contributed by atoms with van der Waals surface area (Å²) in [5.74, 6) is 0.911. The molecule has 2 aromatic rings. The molecule has 0 aliphatic carbocycles. The van der Waals surface area contributed by atoms with Crippen molar-refractivity contribution < 1.29 is 4.74 Å². The van der Waals surface area contributed by atoms with Crippen LogP contribution in [-0.4, -0.2) is 23.9 Å². The Kier molecular flexibility index (Phi) is 4.36. The van der Waals surface area contributed by atoms with Crippen LogP contribution in [0.1, 0.15) is 24.2 Å². The molecule has 0 amide bonds. The van der Waals surface area contributed by atoms with Gasteiger partial charge in [-0.25, -0.2) is 0 Å². The number of nitrogens with one attached hydrogen (secondary N) is 2. The van der Waals surface area contributed by atoms with Crippen LogP contribution in [-0.2, 0) is 6.42 Å². The lowest BCUT2D eigenvalue weighted by Crippen LogP contribution is -2.21. The Morgan fingerprint density at radius 3 is 3.00 bits per heavy atom. The zero-order valence-corrected chi connectivity index (χ0v) is 10.8. The summed E-state index contributed by atoms with van der Waals surface area (Å²) in [6.07, 6.45) is 2.76. The van der Waals surface area contributed by atoms with E-state index in [2.05, 4.69) is 34.6 Å². The quantitative estimate of drug-likeness (QED) is 0.821. The number of hydrogen-bond donors (Lipinski definition) is 2. The Morgan fingerprint density at radius 2 is 2.28 bits per heavy atom.